The van der Waals surface area contributed by atoms with Crippen LogP contribution in [0.4, 0.5) is 0 Å². The van der Waals surface area contributed by atoms with E-state index in [0.29, 0.717) is 0 Å². The first kappa shape index (κ1) is 7.49. The van der Waals surface area contributed by atoms with E-state index in [1.807, 2.05) is 12.3 Å². The molecule has 4 nitrogen and oxygen atoms in total. The second kappa shape index (κ2) is 3.49. The highest BCUT2D eigenvalue weighted by molar-refractivity contribution is 5.74. The van der Waals surface area contributed by atoms with Gasteiger partial charge in [0.1, 0.15) is 6.17 Å². The molecular weight excluding hydrogens is 152 g/mol. The van der Waals surface area contributed by atoms with E-state index in [-0.39, 0.29) is 6.17 Å². The zero-order valence-electron chi connectivity index (χ0n) is 6.62. The number of hydrogen-bond acceptors (Lipinski definition) is 4. The topological polar surface area (TPSA) is 48.8 Å². The van der Waals surface area contributed by atoms with Crippen molar-refractivity contribution in [3.05, 3.63) is 18.4 Å². The minimum Gasteiger partial charge on any atom is -0.354 e. The molecule has 2 radical (unpaired) electrons. The molecule has 2 rings (SSSR count). The first-order valence-corrected chi connectivity index (χ1v) is 3.96. The van der Waals surface area contributed by atoms with Crippen LogP contribution in [0.2, 0.25) is 0 Å². The molecule has 1 atom stereocenters. The molecule has 0 aliphatic carbocycles. The Bertz CT molecular complexity index is 241. The van der Waals surface area contributed by atoms with Gasteiger partial charge in [-0.1, -0.05) is 0 Å². The maximum atomic E-state index is 4.28. The van der Waals surface area contributed by atoms with E-state index < -0.39 is 0 Å². The van der Waals surface area contributed by atoms with Crippen LogP contribution in [-0.2, 0) is 0 Å². The van der Waals surface area contributed by atoms with Gasteiger partial charge in [-0.25, -0.2) is 0 Å². The number of aliphatic imine (C=N–C) groups is 2. The van der Waals surface area contributed by atoms with Crippen LogP contribution >= 0.6 is 0 Å². The van der Waals surface area contributed by atoms with Gasteiger partial charge in [0.2, 0.25) is 6.67 Å². The molecule has 4 heteroatoms. The van der Waals surface area contributed by atoms with Crippen LogP contribution in [0.15, 0.2) is 21.8 Å². The van der Waals surface area contributed by atoms with Gasteiger partial charge < -0.3 is 5.32 Å². The average Bonchev–Trinajstić information content (AvgIpc) is 2.21. The van der Waals surface area contributed by atoms with Crippen molar-refractivity contribution < 1.29 is 0 Å². The van der Waals surface area contributed by atoms with E-state index in [9.17, 15) is 0 Å². The molecule has 0 bridgehead atoms. The van der Waals surface area contributed by atoms with Crippen molar-refractivity contribution in [3.63, 3.8) is 0 Å². The predicted molar refractivity (Wildman–Crippen MR) is 47.9 cm³/mol. The Balaban J connectivity index is 2.07. The Hall–Kier alpha value is -1.16. The number of allylic oxidation sites excluding steroid dienone is 1. The summed E-state index contributed by atoms with van der Waals surface area (Å²) in [6, 6.07) is 0. The molecule has 2 aliphatic rings. The summed E-state index contributed by atoms with van der Waals surface area (Å²) >= 11 is 0. The van der Waals surface area contributed by atoms with Crippen LogP contribution < -0.4 is 10.6 Å². The molecule has 1 unspecified atom stereocenters. The van der Waals surface area contributed by atoms with Gasteiger partial charge in [-0.2, -0.15) is 0 Å². The van der Waals surface area contributed by atoms with Gasteiger partial charge in [-0.15, -0.1) is 0 Å². The maximum Gasteiger partial charge on any atom is 0.226 e. The fourth-order valence-corrected chi connectivity index (χ4v) is 1.16. The maximum absolute atomic E-state index is 4.28. The summed E-state index contributed by atoms with van der Waals surface area (Å²) < 4.78 is 0. The highest BCUT2D eigenvalue weighted by Crippen LogP contribution is 2.05. The van der Waals surface area contributed by atoms with Crippen molar-refractivity contribution in [3.8, 4) is 0 Å². The quantitative estimate of drug-likeness (QED) is 0.567. The van der Waals surface area contributed by atoms with Crippen LogP contribution in [0.1, 0.15) is 6.42 Å². The Labute approximate surface area is 71.5 Å². The standard InChI is InChI=1S/C8H10N4/c1-3-10-8(11-4-1)7-2-5-9-6-12-7/h2-3,5,8,11-12H,1,4H2. The van der Waals surface area contributed by atoms with Gasteiger partial charge in [0.25, 0.3) is 0 Å². The van der Waals surface area contributed by atoms with E-state index in [0.717, 1.165) is 18.7 Å². The number of nitrogens with one attached hydrogen (secondary N) is 2. The van der Waals surface area contributed by atoms with Gasteiger partial charge in [0.05, 0.1) is 5.70 Å². The summed E-state index contributed by atoms with van der Waals surface area (Å²) in [4.78, 5) is 8.06. The minimum atomic E-state index is 0.0537. The van der Waals surface area contributed by atoms with E-state index in [1.165, 1.54) is 0 Å². The Morgan fingerprint density at radius 1 is 1.58 bits per heavy atom. The van der Waals surface area contributed by atoms with Crippen LogP contribution in [0, 0.1) is 6.67 Å². The van der Waals surface area contributed by atoms with Crippen molar-refractivity contribution in [2.45, 2.75) is 12.6 Å². The van der Waals surface area contributed by atoms with E-state index in [1.54, 1.807) is 6.21 Å². The van der Waals surface area contributed by atoms with Crippen molar-refractivity contribution in [1.82, 2.24) is 10.6 Å². The molecule has 2 heterocycles. The molecule has 0 aromatic carbocycles. The highest BCUT2D eigenvalue weighted by atomic mass is 15.2. The first-order chi connectivity index (χ1) is 5.97. The normalized spacial score (nSPS) is 28.0. The monoisotopic (exact) mass is 162 g/mol. The summed E-state index contributed by atoms with van der Waals surface area (Å²) in [6.07, 6.45) is 6.60. The summed E-state index contributed by atoms with van der Waals surface area (Å²) in [5.41, 5.74) is 1.00. The second-order valence-electron chi connectivity index (χ2n) is 2.61. The van der Waals surface area contributed by atoms with Gasteiger partial charge >= 0.3 is 0 Å². The number of rotatable bonds is 1. The smallest absolute Gasteiger partial charge is 0.226 e. The molecule has 2 N–H and O–H groups in total. The highest BCUT2D eigenvalue weighted by Gasteiger charge is 2.14. The molecule has 12 heavy (non-hydrogen) atoms. The van der Waals surface area contributed by atoms with Crippen molar-refractivity contribution >= 4 is 12.4 Å². The van der Waals surface area contributed by atoms with Crippen molar-refractivity contribution in [2.75, 3.05) is 6.54 Å². The first-order valence-electron chi connectivity index (χ1n) is 3.96. The average molecular weight is 162 g/mol. The Kier molecular flexibility index (Phi) is 2.18. The molecule has 0 aromatic rings. The van der Waals surface area contributed by atoms with Crippen molar-refractivity contribution in [2.24, 2.45) is 9.98 Å². The molecule has 62 valence electrons. The largest absolute Gasteiger partial charge is 0.354 e. The molecule has 2 aliphatic heterocycles. The predicted octanol–water partition coefficient (Wildman–Crippen LogP) is -0.0692. The zero-order valence-corrected chi connectivity index (χ0v) is 6.62. The van der Waals surface area contributed by atoms with E-state index in [4.69, 9.17) is 0 Å². The SMILES string of the molecule is [C]1N=CC=C(C2N=CCCN2)N1. The molecule has 0 saturated carbocycles. The van der Waals surface area contributed by atoms with E-state index >= 15 is 0 Å². The number of hydrogen-bond donors (Lipinski definition) is 2. The number of nitrogens with zero attached hydrogens (tertiary/aromatic N) is 2. The van der Waals surface area contributed by atoms with Gasteiger partial charge in [-0.3, -0.25) is 15.3 Å². The second-order valence-corrected chi connectivity index (χ2v) is 2.61. The van der Waals surface area contributed by atoms with Crippen LogP contribution in [0.5, 0.6) is 0 Å². The summed E-state index contributed by atoms with van der Waals surface area (Å²) in [6.45, 7) is 3.65. The fourth-order valence-electron chi connectivity index (χ4n) is 1.16. The van der Waals surface area contributed by atoms with Crippen LogP contribution in [0.25, 0.3) is 0 Å². The van der Waals surface area contributed by atoms with Crippen molar-refractivity contribution in [1.29, 1.82) is 0 Å². The summed E-state index contributed by atoms with van der Waals surface area (Å²) in [5, 5.41) is 6.18. The third-order valence-electron chi connectivity index (χ3n) is 1.75. The molecular formula is C8H10N4. The lowest BCUT2D eigenvalue weighted by atomic mass is 10.2. The Morgan fingerprint density at radius 3 is 3.25 bits per heavy atom. The van der Waals surface area contributed by atoms with Gasteiger partial charge in [0, 0.05) is 19.0 Å². The molecule has 0 aromatic heterocycles. The van der Waals surface area contributed by atoms with Crippen LogP contribution in [-0.4, -0.2) is 25.1 Å². The lowest BCUT2D eigenvalue weighted by molar-refractivity contribution is 0.556. The van der Waals surface area contributed by atoms with E-state index in [2.05, 4.69) is 27.3 Å². The molecule has 0 amide bonds. The third kappa shape index (κ3) is 1.53. The van der Waals surface area contributed by atoms with Gasteiger partial charge in [0.15, 0.2) is 0 Å². The lowest BCUT2D eigenvalue weighted by Gasteiger charge is -2.21. The molecule has 0 fully saturated rings. The fraction of sp³-hybridized carbons (Fsp3) is 0.375. The summed E-state index contributed by atoms with van der Waals surface area (Å²) in [7, 11) is 0. The van der Waals surface area contributed by atoms with Crippen LogP contribution in [0.3, 0.4) is 0 Å². The molecule has 0 spiro atoms. The Morgan fingerprint density at radius 2 is 2.58 bits per heavy atom. The zero-order chi connectivity index (χ0) is 8.23. The molecule has 0 saturated heterocycles. The van der Waals surface area contributed by atoms with Gasteiger partial charge in [-0.05, 0) is 12.5 Å². The minimum absolute atomic E-state index is 0.0537. The lowest BCUT2D eigenvalue weighted by Crippen LogP contribution is -2.38. The third-order valence-corrected chi connectivity index (χ3v) is 1.75. The summed E-state index contributed by atoms with van der Waals surface area (Å²) in [5.74, 6) is 0.